The van der Waals surface area contributed by atoms with Crippen LogP contribution in [0.15, 0.2) is 158 Å². The quantitative estimate of drug-likeness (QED) is 0.123. The van der Waals surface area contributed by atoms with Gasteiger partial charge in [-0.3, -0.25) is 14.1 Å². The lowest BCUT2D eigenvalue weighted by Crippen LogP contribution is -2.34. The predicted molar refractivity (Wildman–Crippen MR) is 214 cm³/mol. The van der Waals surface area contributed by atoms with Crippen molar-refractivity contribution in [2.24, 2.45) is 0 Å². The smallest absolute Gasteiger partial charge is 0.269 e. The second kappa shape index (κ2) is 13.1. The minimum absolute atomic E-state index is 0.738. The van der Waals surface area contributed by atoms with Crippen molar-refractivity contribution in [3.8, 4) is 56.6 Å². The van der Waals surface area contributed by atoms with E-state index in [2.05, 4.69) is 170 Å². The van der Waals surface area contributed by atoms with Gasteiger partial charge >= 0.3 is 0 Å². The Labute approximate surface area is 307 Å². The van der Waals surface area contributed by atoms with E-state index >= 15 is 0 Å². The van der Waals surface area contributed by atoms with Crippen LogP contribution in [0.25, 0.3) is 65.3 Å². The number of thiophene rings is 1. The van der Waals surface area contributed by atoms with Crippen LogP contribution in [0.1, 0.15) is 16.7 Å². The molecule has 0 aliphatic rings. The molecular formula is C47H35N3OS. The van der Waals surface area contributed by atoms with Crippen molar-refractivity contribution in [3.05, 3.63) is 181 Å². The minimum Gasteiger partial charge on any atom is -0.458 e. The number of hydrogen-bond acceptors (Lipinski definition) is 3. The maximum absolute atomic E-state index is 6.75. The standard InChI is InChI=1S/C47H35N3OS/c1-31-25-32(2)45(33(3)26-31)50-30-49(46(34-15-6-4-7-16-34)47(50)35-17-8-5-9-18-35)36-19-14-20-37(27-36)51-38-28-40(41-22-12-13-24-48-41)44-39-21-10-11-23-42(39)52-43(44)29-38/h4-29H,1-3H3. The highest BCUT2D eigenvalue weighted by atomic mass is 32.1. The number of hydrogen-bond donors (Lipinski definition) is 0. The lowest BCUT2D eigenvalue weighted by atomic mass is 10.0. The molecule has 3 aromatic heterocycles. The van der Waals surface area contributed by atoms with E-state index < -0.39 is 0 Å². The summed E-state index contributed by atoms with van der Waals surface area (Å²) in [5.74, 6) is 1.50. The van der Waals surface area contributed by atoms with Crippen LogP contribution in [0.4, 0.5) is 0 Å². The monoisotopic (exact) mass is 689 g/mol. The van der Waals surface area contributed by atoms with Crippen LogP contribution < -0.4 is 9.30 Å². The number of rotatable bonds is 7. The summed E-state index contributed by atoms with van der Waals surface area (Å²) in [6.07, 6.45) is 5.66. The normalized spacial score (nSPS) is 11.4. The van der Waals surface area contributed by atoms with E-state index in [1.807, 2.05) is 24.4 Å². The topological polar surface area (TPSA) is 30.9 Å². The molecule has 0 N–H and O–H groups in total. The second-order valence-corrected chi connectivity index (χ2v) is 14.3. The van der Waals surface area contributed by atoms with Gasteiger partial charge in [0.1, 0.15) is 11.5 Å². The van der Waals surface area contributed by atoms with E-state index in [-0.39, 0.29) is 0 Å². The molecular weight excluding hydrogens is 655 g/mol. The summed E-state index contributed by atoms with van der Waals surface area (Å²) in [6.45, 7) is 6.53. The first-order valence-corrected chi connectivity index (χ1v) is 18.3. The molecule has 5 heteroatoms. The first-order chi connectivity index (χ1) is 25.5. The molecule has 9 aromatic rings. The van der Waals surface area contributed by atoms with Gasteiger partial charge in [-0.1, -0.05) is 109 Å². The summed E-state index contributed by atoms with van der Waals surface area (Å²) in [6, 6.07) is 52.9. The Balaban J connectivity index is 1.23. The zero-order valence-corrected chi connectivity index (χ0v) is 30.0. The summed E-state index contributed by atoms with van der Waals surface area (Å²) in [5, 5.41) is 2.43. The third kappa shape index (κ3) is 5.66. The van der Waals surface area contributed by atoms with Crippen LogP contribution in [-0.2, 0) is 0 Å². The van der Waals surface area contributed by atoms with Crippen molar-refractivity contribution >= 4 is 31.5 Å². The van der Waals surface area contributed by atoms with E-state index in [0.717, 1.165) is 61.3 Å². The summed E-state index contributed by atoms with van der Waals surface area (Å²) in [5.41, 5.74) is 12.0. The maximum atomic E-state index is 6.75. The summed E-state index contributed by atoms with van der Waals surface area (Å²) in [7, 11) is 0. The Kier molecular flexibility index (Phi) is 7.98. The van der Waals surface area contributed by atoms with Crippen LogP contribution in [-0.4, -0.2) is 9.55 Å². The molecule has 0 amide bonds. The SMILES string of the molecule is Cc1cc(C)c(-[n+]2[c-]n(-c3cccc(Oc4cc(-c5ccccn5)c5c(c4)sc4ccccc45)c3)c(-c3ccccc3)c2-c2ccccc2)c(C)c1. The minimum atomic E-state index is 0.738. The first kappa shape index (κ1) is 31.7. The molecule has 6 aromatic carbocycles. The molecule has 0 aliphatic heterocycles. The van der Waals surface area contributed by atoms with Gasteiger partial charge in [-0.15, -0.1) is 11.3 Å². The van der Waals surface area contributed by atoms with E-state index in [9.17, 15) is 0 Å². The number of benzene rings is 6. The van der Waals surface area contributed by atoms with Gasteiger partial charge in [-0.05, 0) is 91.6 Å². The first-order valence-electron chi connectivity index (χ1n) is 17.5. The fourth-order valence-electron chi connectivity index (χ4n) is 7.44. The average molecular weight is 690 g/mol. The zero-order chi connectivity index (χ0) is 35.2. The lowest BCUT2D eigenvalue weighted by molar-refractivity contribution is -0.588. The lowest BCUT2D eigenvalue weighted by Gasteiger charge is -2.16. The van der Waals surface area contributed by atoms with Crippen molar-refractivity contribution in [1.29, 1.82) is 0 Å². The van der Waals surface area contributed by atoms with Gasteiger partial charge in [0.15, 0.2) is 0 Å². The summed E-state index contributed by atoms with van der Waals surface area (Å²) >= 11 is 1.78. The number of ether oxygens (including phenoxy) is 1. The van der Waals surface area contributed by atoms with Crippen LogP contribution >= 0.6 is 11.3 Å². The predicted octanol–water partition coefficient (Wildman–Crippen LogP) is 12.0. The highest BCUT2D eigenvalue weighted by molar-refractivity contribution is 7.26. The van der Waals surface area contributed by atoms with Crippen molar-refractivity contribution in [3.63, 3.8) is 0 Å². The molecule has 9 rings (SSSR count). The Morgan fingerprint density at radius 3 is 2.10 bits per heavy atom. The molecule has 0 radical (unpaired) electrons. The van der Waals surface area contributed by atoms with E-state index in [0.29, 0.717) is 0 Å². The van der Waals surface area contributed by atoms with E-state index in [1.165, 1.54) is 32.2 Å². The van der Waals surface area contributed by atoms with E-state index in [1.54, 1.807) is 11.3 Å². The van der Waals surface area contributed by atoms with Crippen molar-refractivity contribution in [2.75, 3.05) is 0 Å². The Hall–Kier alpha value is -6.30. The second-order valence-electron chi connectivity index (χ2n) is 13.2. The Bertz CT molecular complexity index is 2710. The number of aryl methyl sites for hydroxylation is 3. The summed E-state index contributed by atoms with van der Waals surface area (Å²) in [4.78, 5) is 4.74. The molecule has 0 unspecified atom stereocenters. The zero-order valence-electron chi connectivity index (χ0n) is 29.2. The van der Waals surface area contributed by atoms with E-state index in [4.69, 9.17) is 9.72 Å². The van der Waals surface area contributed by atoms with Crippen molar-refractivity contribution in [1.82, 2.24) is 9.55 Å². The molecule has 0 atom stereocenters. The van der Waals surface area contributed by atoms with Gasteiger partial charge in [-0.25, -0.2) is 0 Å². The highest BCUT2D eigenvalue weighted by Crippen LogP contribution is 2.43. The molecule has 0 spiro atoms. The van der Waals surface area contributed by atoms with Crippen LogP contribution in [0.2, 0.25) is 0 Å². The van der Waals surface area contributed by atoms with Gasteiger partial charge in [0.05, 0.1) is 28.5 Å². The van der Waals surface area contributed by atoms with Crippen LogP contribution in [0.5, 0.6) is 11.5 Å². The van der Waals surface area contributed by atoms with Gasteiger partial charge < -0.3 is 4.74 Å². The molecule has 3 heterocycles. The van der Waals surface area contributed by atoms with Crippen LogP contribution in [0, 0.1) is 27.1 Å². The number of pyridine rings is 1. The largest absolute Gasteiger partial charge is 0.458 e. The molecule has 0 aliphatic carbocycles. The number of imidazole rings is 1. The molecule has 250 valence electrons. The third-order valence-corrected chi connectivity index (χ3v) is 10.6. The van der Waals surface area contributed by atoms with Crippen LogP contribution in [0.3, 0.4) is 0 Å². The average Bonchev–Trinajstić information content (AvgIpc) is 3.74. The molecule has 0 saturated carbocycles. The van der Waals surface area contributed by atoms with Gasteiger partial charge in [-0.2, -0.15) is 0 Å². The van der Waals surface area contributed by atoms with Gasteiger partial charge in [0.2, 0.25) is 0 Å². The van der Waals surface area contributed by atoms with Crippen molar-refractivity contribution in [2.45, 2.75) is 20.8 Å². The number of nitrogens with zero attached hydrogens (tertiary/aromatic N) is 3. The number of fused-ring (bicyclic) bond motifs is 3. The number of aromatic nitrogens is 3. The van der Waals surface area contributed by atoms with Gasteiger partial charge in [0.25, 0.3) is 6.33 Å². The molecule has 52 heavy (non-hydrogen) atoms. The molecule has 0 bridgehead atoms. The molecule has 0 saturated heterocycles. The molecule has 0 fully saturated rings. The highest BCUT2D eigenvalue weighted by Gasteiger charge is 2.24. The fraction of sp³-hybridized carbons (Fsp3) is 0.0638. The Morgan fingerprint density at radius 1 is 0.635 bits per heavy atom. The molecule has 4 nitrogen and oxygen atoms in total. The maximum Gasteiger partial charge on any atom is 0.269 e. The van der Waals surface area contributed by atoms with Crippen molar-refractivity contribution < 1.29 is 9.30 Å². The fourth-order valence-corrected chi connectivity index (χ4v) is 8.60. The Morgan fingerprint density at radius 2 is 1.35 bits per heavy atom. The third-order valence-electron chi connectivity index (χ3n) is 9.53. The summed E-state index contributed by atoms with van der Waals surface area (Å²) < 4.78 is 13.6. The van der Waals surface area contributed by atoms with Gasteiger partial charge in [0, 0.05) is 31.9 Å².